The van der Waals surface area contributed by atoms with Gasteiger partial charge in [0.2, 0.25) is 11.5 Å². The quantitative estimate of drug-likeness (QED) is 0.207. The normalized spacial score (nSPS) is 14.0. The number of halogens is 2. The fourth-order valence-corrected chi connectivity index (χ4v) is 3.70. The highest BCUT2D eigenvalue weighted by molar-refractivity contribution is 6.31. The smallest absolute Gasteiger partial charge is 0.379 e. The minimum atomic E-state index is -0.692. The number of fused-ring (bicyclic) bond motifs is 2. The molecule has 1 aliphatic rings. The van der Waals surface area contributed by atoms with Crippen molar-refractivity contribution in [1.29, 1.82) is 0 Å². The van der Waals surface area contributed by atoms with Crippen LogP contribution in [0.1, 0.15) is 32.0 Å². The van der Waals surface area contributed by atoms with Crippen LogP contribution >= 0.6 is 11.6 Å². The molecule has 0 amide bonds. The number of hydrogen-bond acceptors (Lipinski definition) is 5. The van der Waals surface area contributed by atoms with E-state index in [1.165, 1.54) is 24.3 Å². The van der Waals surface area contributed by atoms with Crippen molar-refractivity contribution < 1.29 is 27.9 Å². The number of ether oxygens (including phenoxy) is 2. The van der Waals surface area contributed by atoms with E-state index in [9.17, 15) is 14.0 Å². The monoisotopic (exact) mass is 448 g/mol. The number of esters is 1. The number of ketones is 1. The summed E-state index contributed by atoms with van der Waals surface area (Å²) < 4.78 is 29.8. The van der Waals surface area contributed by atoms with Gasteiger partial charge in [-0.2, -0.15) is 0 Å². The van der Waals surface area contributed by atoms with E-state index in [2.05, 4.69) is 0 Å². The van der Waals surface area contributed by atoms with Crippen LogP contribution in [0.25, 0.3) is 17.0 Å². The van der Waals surface area contributed by atoms with E-state index in [0.717, 1.165) is 0 Å². The number of hydrogen-bond donors (Lipinski definition) is 0. The Kier molecular flexibility index (Phi) is 4.79. The van der Waals surface area contributed by atoms with Crippen LogP contribution in [0.5, 0.6) is 11.5 Å². The Morgan fingerprint density at radius 2 is 1.84 bits per heavy atom. The second-order valence-corrected chi connectivity index (χ2v) is 7.72. The summed E-state index contributed by atoms with van der Waals surface area (Å²) in [4.78, 5) is 25.3. The third kappa shape index (κ3) is 3.65. The maximum atomic E-state index is 13.1. The number of rotatable bonds is 3. The molecule has 0 atom stereocenters. The molecule has 0 radical (unpaired) electrons. The molecule has 2 heterocycles. The number of furan rings is 1. The average Bonchev–Trinajstić information content (AvgIpc) is 3.30. The maximum Gasteiger partial charge on any atom is 0.379 e. The van der Waals surface area contributed by atoms with Crippen molar-refractivity contribution in [2.75, 3.05) is 0 Å². The van der Waals surface area contributed by atoms with Gasteiger partial charge in [-0.05, 0) is 66.6 Å². The maximum absolute atomic E-state index is 13.1. The first-order chi connectivity index (χ1) is 15.4. The third-order valence-electron chi connectivity index (χ3n) is 5.00. The molecule has 0 fully saturated rings. The minimum Gasteiger partial charge on any atom is -0.452 e. The molecule has 7 heteroatoms. The van der Waals surface area contributed by atoms with Crippen molar-refractivity contribution in [3.8, 4) is 11.5 Å². The lowest BCUT2D eigenvalue weighted by molar-refractivity contribution is 0.0703. The Hall–Kier alpha value is -3.90. The molecular weight excluding hydrogens is 435 g/mol. The molecule has 158 valence electrons. The molecule has 5 rings (SSSR count). The fraction of sp³-hybridized carbons (Fsp3) is 0.0400. The summed E-state index contributed by atoms with van der Waals surface area (Å²) in [6.45, 7) is 1.72. The standard InChI is InChI=1S/C25H14ClFO5/c1-13-8-18(30-25(29)22-11-15-10-16(26)4-7-19(15)31-22)12-20-23(13)24(28)21(32-20)9-14-2-5-17(27)6-3-14/h2-12H,1H3/b21-9-. The zero-order valence-electron chi connectivity index (χ0n) is 16.6. The molecule has 1 aromatic heterocycles. The Balaban J connectivity index is 1.41. The molecule has 0 N–H and O–H groups in total. The summed E-state index contributed by atoms with van der Waals surface area (Å²) in [7, 11) is 0. The van der Waals surface area contributed by atoms with E-state index < -0.39 is 5.97 Å². The van der Waals surface area contributed by atoms with Gasteiger partial charge in [-0.15, -0.1) is 0 Å². The van der Waals surface area contributed by atoms with E-state index >= 15 is 0 Å². The molecule has 1 aliphatic heterocycles. The summed E-state index contributed by atoms with van der Waals surface area (Å²) in [5.41, 5.74) is 2.11. The third-order valence-corrected chi connectivity index (χ3v) is 5.24. The molecule has 0 bridgehead atoms. The van der Waals surface area contributed by atoms with Gasteiger partial charge >= 0.3 is 5.97 Å². The molecule has 0 spiro atoms. The second kappa shape index (κ2) is 7.66. The van der Waals surface area contributed by atoms with Crippen LogP contribution in [0.15, 0.2) is 70.8 Å². The van der Waals surface area contributed by atoms with E-state index in [1.54, 1.807) is 49.4 Å². The summed E-state index contributed by atoms with van der Waals surface area (Å²) in [6.07, 6.45) is 1.53. The van der Waals surface area contributed by atoms with Gasteiger partial charge in [0.05, 0.1) is 5.56 Å². The molecule has 0 aliphatic carbocycles. The van der Waals surface area contributed by atoms with Crippen LogP contribution in [0.3, 0.4) is 0 Å². The first-order valence-electron chi connectivity index (χ1n) is 9.63. The number of aryl methyl sites for hydroxylation is 1. The number of Topliss-reactive ketones (excluding diaryl/α,β-unsaturated/α-hetero) is 1. The van der Waals surface area contributed by atoms with E-state index in [1.807, 2.05) is 0 Å². The number of carbonyl (C=O) groups is 2. The Bertz CT molecular complexity index is 1430. The van der Waals surface area contributed by atoms with Gasteiger partial charge < -0.3 is 13.9 Å². The van der Waals surface area contributed by atoms with Gasteiger partial charge in [-0.3, -0.25) is 4.79 Å². The largest absolute Gasteiger partial charge is 0.452 e. The molecule has 0 unspecified atom stereocenters. The molecule has 0 saturated carbocycles. The number of carbonyl (C=O) groups excluding carboxylic acids is 2. The fourth-order valence-electron chi connectivity index (χ4n) is 3.52. The SMILES string of the molecule is Cc1cc(OC(=O)c2cc3cc(Cl)ccc3o2)cc2c1C(=O)/C(=C/c1ccc(F)cc1)O2. The molecule has 5 nitrogen and oxygen atoms in total. The van der Waals surface area contributed by atoms with Crippen molar-refractivity contribution in [2.45, 2.75) is 6.92 Å². The zero-order chi connectivity index (χ0) is 22.4. The highest BCUT2D eigenvalue weighted by Crippen LogP contribution is 2.38. The van der Waals surface area contributed by atoms with Gasteiger partial charge in [0.25, 0.3) is 0 Å². The molecule has 3 aromatic carbocycles. The van der Waals surface area contributed by atoms with Crippen molar-refractivity contribution in [3.05, 3.63) is 99.7 Å². The summed E-state index contributed by atoms with van der Waals surface area (Å²) in [5.74, 6) is -0.745. The van der Waals surface area contributed by atoms with Crippen molar-refractivity contribution in [1.82, 2.24) is 0 Å². The summed E-state index contributed by atoms with van der Waals surface area (Å²) >= 11 is 5.97. The predicted molar refractivity (Wildman–Crippen MR) is 117 cm³/mol. The van der Waals surface area contributed by atoms with Gasteiger partial charge in [-0.25, -0.2) is 9.18 Å². The van der Waals surface area contributed by atoms with Crippen LogP contribution in [0.2, 0.25) is 5.02 Å². The Morgan fingerprint density at radius 1 is 1.06 bits per heavy atom. The van der Waals surface area contributed by atoms with E-state index in [4.69, 9.17) is 25.5 Å². The summed E-state index contributed by atoms with van der Waals surface area (Å²) in [6, 6.07) is 15.3. The van der Waals surface area contributed by atoms with Crippen LogP contribution in [-0.2, 0) is 0 Å². The number of benzene rings is 3. The van der Waals surface area contributed by atoms with Crippen LogP contribution in [0, 0.1) is 12.7 Å². The Morgan fingerprint density at radius 3 is 2.62 bits per heavy atom. The van der Waals surface area contributed by atoms with Crippen LogP contribution < -0.4 is 9.47 Å². The van der Waals surface area contributed by atoms with Gasteiger partial charge in [0, 0.05) is 16.5 Å². The van der Waals surface area contributed by atoms with Crippen molar-refractivity contribution in [3.63, 3.8) is 0 Å². The average molecular weight is 449 g/mol. The van der Waals surface area contributed by atoms with E-state index in [0.29, 0.717) is 32.7 Å². The highest BCUT2D eigenvalue weighted by atomic mass is 35.5. The molecule has 4 aromatic rings. The van der Waals surface area contributed by atoms with Gasteiger partial charge in [0.15, 0.2) is 5.76 Å². The topological polar surface area (TPSA) is 65.7 Å². The van der Waals surface area contributed by atoms with Crippen LogP contribution in [0.4, 0.5) is 4.39 Å². The lowest BCUT2D eigenvalue weighted by Crippen LogP contribution is -2.07. The van der Waals surface area contributed by atoms with Crippen molar-refractivity contribution in [2.24, 2.45) is 0 Å². The highest BCUT2D eigenvalue weighted by Gasteiger charge is 2.30. The minimum absolute atomic E-state index is 0.0225. The van der Waals surface area contributed by atoms with Crippen LogP contribution in [-0.4, -0.2) is 11.8 Å². The lowest BCUT2D eigenvalue weighted by Gasteiger charge is -2.06. The molecular formula is C25H14ClFO5. The van der Waals surface area contributed by atoms with Crippen molar-refractivity contribution >= 4 is 40.4 Å². The molecule has 0 saturated heterocycles. The second-order valence-electron chi connectivity index (χ2n) is 7.29. The molecule has 32 heavy (non-hydrogen) atoms. The lowest BCUT2D eigenvalue weighted by atomic mass is 10.0. The first kappa shape index (κ1) is 20.0. The Labute approximate surface area is 186 Å². The zero-order valence-corrected chi connectivity index (χ0v) is 17.4. The number of allylic oxidation sites excluding steroid dienone is 1. The van der Waals surface area contributed by atoms with Gasteiger partial charge in [-0.1, -0.05) is 23.7 Å². The summed E-state index contributed by atoms with van der Waals surface area (Å²) in [5, 5.41) is 1.21. The predicted octanol–water partition coefficient (Wildman–Crippen LogP) is 6.37. The first-order valence-corrected chi connectivity index (χ1v) is 10.0. The van der Waals surface area contributed by atoms with Gasteiger partial charge in [0.1, 0.15) is 22.9 Å². The van der Waals surface area contributed by atoms with E-state index in [-0.39, 0.29) is 34.6 Å².